The van der Waals surface area contributed by atoms with Crippen LogP contribution in [0.25, 0.3) is 5.82 Å². The lowest BCUT2D eigenvalue weighted by Crippen LogP contribution is -2.24. The van der Waals surface area contributed by atoms with E-state index in [-0.39, 0.29) is 5.91 Å². The lowest BCUT2D eigenvalue weighted by molar-refractivity contribution is 0.0950. The van der Waals surface area contributed by atoms with Gasteiger partial charge in [-0.25, -0.2) is 14.6 Å². The number of amides is 1. The summed E-state index contributed by atoms with van der Waals surface area (Å²) in [5.74, 6) is 1.33. The molecule has 0 unspecified atom stereocenters. The van der Waals surface area contributed by atoms with Crippen LogP contribution in [-0.2, 0) is 6.54 Å². The SMILES string of the molecule is CN(C)c1ccc(C(=O)NCc2cccnc2-n2cccn2)cn1. The largest absolute Gasteiger partial charge is 0.363 e. The van der Waals surface area contributed by atoms with E-state index in [9.17, 15) is 4.79 Å². The number of pyridine rings is 2. The van der Waals surface area contributed by atoms with E-state index in [0.717, 1.165) is 11.4 Å². The van der Waals surface area contributed by atoms with Crippen LogP contribution in [0.2, 0.25) is 0 Å². The van der Waals surface area contributed by atoms with Gasteiger partial charge in [-0.15, -0.1) is 0 Å². The molecule has 3 aromatic rings. The van der Waals surface area contributed by atoms with Gasteiger partial charge in [-0.1, -0.05) is 6.07 Å². The lowest BCUT2D eigenvalue weighted by atomic mass is 10.2. The molecule has 0 spiro atoms. The third-order valence-corrected chi connectivity index (χ3v) is 3.50. The fourth-order valence-electron chi connectivity index (χ4n) is 2.23. The lowest BCUT2D eigenvalue weighted by Gasteiger charge is -2.12. The molecule has 0 saturated carbocycles. The van der Waals surface area contributed by atoms with E-state index >= 15 is 0 Å². The molecular weight excluding hydrogens is 304 g/mol. The second-order valence-corrected chi connectivity index (χ2v) is 5.42. The summed E-state index contributed by atoms with van der Waals surface area (Å²) in [7, 11) is 3.81. The summed E-state index contributed by atoms with van der Waals surface area (Å²) in [6, 6.07) is 9.15. The van der Waals surface area contributed by atoms with Gasteiger partial charge in [0.15, 0.2) is 5.82 Å². The van der Waals surface area contributed by atoms with Crippen LogP contribution in [0.5, 0.6) is 0 Å². The maximum atomic E-state index is 12.3. The summed E-state index contributed by atoms with van der Waals surface area (Å²) in [5, 5.41) is 7.08. The zero-order valence-corrected chi connectivity index (χ0v) is 13.5. The van der Waals surface area contributed by atoms with Crippen molar-refractivity contribution in [2.75, 3.05) is 19.0 Å². The van der Waals surface area contributed by atoms with Gasteiger partial charge in [0.2, 0.25) is 0 Å². The predicted molar refractivity (Wildman–Crippen MR) is 91.1 cm³/mol. The molecule has 0 atom stereocenters. The van der Waals surface area contributed by atoms with Crippen LogP contribution in [0.1, 0.15) is 15.9 Å². The molecule has 1 N–H and O–H groups in total. The van der Waals surface area contributed by atoms with Crippen molar-refractivity contribution >= 4 is 11.7 Å². The van der Waals surface area contributed by atoms with Crippen LogP contribution in [-0.4, -0.2) is 39.8 Å². The Bertz CT molecular complexity index is 811. The molecule has 0 saturated heterocycles. The number of nitrogens with zero attached hydrogens (tertiary/aromatic N) is 5. The molecule has 0 aliphatic rings. The Morgan fingerprint density at radius 2 is 2.04 bits per heavy atom. The van der Waals surface area contributed by atoms with Gasteiger partial charge in [0.1, 0.15) is 5.82 Å². The summed E-state index contributed by atoms with van der Waals surface area (Å²) in [6.07, 6.45) is 6.78. The third kappa shape index (κ3) is 3.40. The molecule has 0 aromatic carbocycles. The summed E-state index contributed by atoms with van der Waals surface area (Å²) in [6.45, 7) is 0.358. The van der Waals surface area contributed by atoms with Crippen molar-refractivity contribution in [3.05, 3.63) is 66.2 Å². The highest BCUT2D eigenvalue weighted by Crippen LogP contribution is 2.11. The molecule has 3 aromatic heterocycles. The average Bonchev–Trinajstić information content (AvgIpc) is 3.14. The highest BCUT2D eigenvalue weighted by molar-refractivity contribution is 5.94. The molecule has 0 bridgehead atoms. The molecule has 122 valence electrons. The highest BCUT2D eigenvalue weighted by Gasteiger charge is 2.10. The van der Waals surface area contributed by atoms with E-state index in [1.54, 1.807) is 29.3 Å². The van der Waals surface area contributed by atoms with Crippen LogP contribution < -0.4 is 10.2 Å². The predicted octanol–water partition coefficient (Wildman–Crippen LogP) is 1.66. The first-order chi connectivity index (χ1) is 11.6. The summed E-state index contributed by atoms with van der Waals surface area (Å²) in [5.41, 5.74) is 1.40. The second kappa shape index (κ2) is 6.91. The standard InChI is InChI=1S/C17H18N6O/c1-22(2)15-7-6-14(12-19-15)17(24)20-11-13-5-3-8-18-16(13)23-10-4-9-21-23/h3-10,12H,11H2,1-2H3,(H,20,24). The minimum atomic E-state index is -0.178. The average molecular weight is 322 g/mol. The summed E-state index contributed by atoms with van der Waals surface area (Å²) >= 11 is 0. The van der Waals surface area contributed by atoms with Gasteiger partial charge in [-0.2, -0.15) is 5.10 Å². The Labute approximate surface area is 140 Å². The van der Waals surface area contributed by atoms with E-state index in [4.69, 9.17) is 0 Å². The Morgan fingerprint density at radius 3 is 2.71 bits per heavy atom. The molecule has 3 heterocycles. The van der Waals surface area contributed by atoms with Gasteiger partial charge >= 0.3 is 0 Å². The number of carbonyl (C=O) groups excluding carboxylic acids is 1. The van der Waals surface area contributed by atoms with Crippen LogP contribution in [0, 0.1) is 0 Å². The van der Waals surface area contributed by atoms with Crippen molar-refractivity contribution in [2.45, 2.75) is 6.54 Å². The van der Waals surface area contributed by atoms with Gasteiger partial charge < -0.3 is 10.2 Å². The summed E-state index contributed by atoms with van der Waals surface area (Å²) < 4.78 is 1.68. The second-order valence-electron chi connectivity index (χ2n) is 5.42. The first-order valence-electron chi connectivity index (χ1n) is 7.50. The number of aromatic nitrogens is 4. The van der Waals surface area contributed by atoms with Crippen molar-refractivity contribution < 1.29 is 4.79 Å². The third-order valence-electron chi connectivity index (χ3n) is 3.50. The van der Waals surface area contributed by atoms with Gasteiger partial charge in [0.05, 0.1) is 5.56 Å². The molecule has 0 aliphatic heterocycles. The molecule has 24 heavy (non-hydrogen) atoms. The van der Waals surface area contributed by atoms with Crippen molar-refractivity contribution in [3.63, 3.8) is 0 Å². The van der Waals surface area contributed by atoms with Crippen molar-refractivity contribution in [1.82, 2.24) is 25.1 Å². The van der Waals surface area contributed by atoms with Crippen LogP contribution in [0.15, 0.2) is 55.1 Å². The molecule has 3 rings (SSSR count). The highest BCUT2D eigenvalue weighted by atomic mass is 16.1. The smallest absolute Gasteiger partial charge is 0.253 e. The molecule has 1 amide bonds. The monoisotopic (exact) mass is 322 g/mol. The van der Waals surface area contributed by atoms with Crippen molar-refractivity contribution in [2.24, 2.45) is 0 Å². The van der Waals surface area contributed by atoms with Gasteiger partial charge in [-0.3, -0.25) is 4.79 Å². The molecule has 7 heteroatoms. The van der Waals surface area contributed by atoms with E-state index in [0.29, 0.717) is 17.9 Å². The molecule has 7 nitrogen and oxygen atoms in total. The van der Waals surface area contributed by atoms with Crippen molar-refractivity contribution in [1.29, 1.82) is 0 Å². The summed E-state index contributed by atoms with van der Waals surface area (Å²) in [4.78, 5) is 22.8. The molecule has 0 fully saturated rings. The Hall–Kier alpha value is -3.22. The van der Waals surface area contributed by atoms with Crippen molar-refractivity contribution in [3.8, 4) is 5.82 Å². The van der Waals surface area contributed by atoms with Crippen LogP contribution in [0.3, 0.4) is 0 Å². The van der Waals surface area contributed by atoms with Crippen LogP contribution >= 0.6 is 0 Å². The number of hydrogen-bond acceptors (Lipinski definition) is 5. The normalized spacial score (nSPS) is 10.4. The van der Waals surface area contributed by atoms with E-state index in [1.165, 1.54) is 0 Å². The number of hydrogen-bond donors (Lipinski definition) is 1. The maximum absolute atomic E-state index is 12.3. The van der Waals surface area contributed by atoms with E-state index in [1.807, 2.05) is 49.5 Å². The Kier molecular flexibility index (Phi) is 4.51. The van der Waals surface area contributed by atoms with E-state index in [2.05, 4.69) is 20.4 Å². The topological polar surface area (TPSA) is 75.9 Å². The number of anilines is 1. The zero-order valence-electron chi connectivity index (χ0n) is 13.5. The quantitative estimate of drug-likeness (QED) is 0.773. The Morgan fingerprint density at radius 1 is 1.17 bits per heavy atom. The van der Waals surface area contributed by atoms with E-state index < -0.39 is 0 Å². The molecule has 0 radical (unpaired) electrons. The first-order valence-corrected chi connectivity index (χ1v) is 7.50. The number of nitrogens with one attached hydrogen (secondary N) is 1. The minimum absolute atomic E-state index is 0.178. The number of rotatable bonds is 5. The molecule has 0 aliphatic carbocycles. The zero-order chi connectivity index (χ0) is 16.9. The first kappa shape index (κ1) is 15.7. The van der Waals surface area contributed by atoms with Gasteiger partial charge in [0, 0.05) is 51.0 Å². The maximum Gasteiger partial charge on any atom is 0.253 e. The van der Waals surface area contributed by atoms with Gasteiger partial charge in [0.25, 0.3) is 5.91 Å². The minimum Gasteiger partial charge on any atom is -0.363 e. The van der Waals surface area contributed by atoms with Crippen LogP contribution in [0.4, 0.5) is 5.82 Å². The number of carbonyl (C=O) groups is 1. The molecular formula is C17H18N6O. The Balaban J connectivity index is 1.71. The fraction of sp³-hybridized carbons (Fsp3) is 0.176. The van der Waals surface area contributed by atoms with Gasteiger partial charge in [-0.05, 0) is 24.3 Å². The fourth-order valence-corrected chi connectivity index (χ4v) is 2.23.